The summed E-state index contributed by atoms with van der Waals surface area (Å²) in [6.07, 6.45) is 0. The molecule has 21 heavy (non-hydrogen) atoms. The number of amides is 1. The third-order valence-corrected chi connectivity index (χ3v) is 3.07. The molecule has 0 aliphatic heterocycles. The molecular formula is C15H22N2O4. The van der Waals surface area contributed by atoms with E-state index in [-0.39, 0.29) is 23.8 Å². The summed E-state index contributed by atoms with van der Waals surface area (Å²) < 4.78 is 5.14. The molecule has 0 unspecified atom stereocenters. The van der Waals surface area contributed by atoms with Crippen LogP contribution in [0, 0.1) is 0 Å². The summed E-state index contributed by atoms with van der Waals surface area (Å²) >= 11 is 0. The van der Waals surface area contributed by atoms with Crippen molar-refractivity contribution in [3.63, 3.8) is 0 Å². The van der Waals surface area contributed by atoms with Gasteiger partial charge >= 0.3 is 5.97 Å². The zero-order valence-corrected chi connectivity index (χ0v) is 12.7. The summed E-state index contributed by atoms with van der Waals surface area (Å²) in [7, 11) is 0. The Morgan fingerprint density at radius 2 is 1.95 bits per heavy atom. The van der Waals surface area contributed by atoms with E-state index >= 15 is 0 Å². The first kappa shape index (κ1) is 17.0. The number of phenolic OH excluding ortho intramolecular Hbond substituents is 1. The molecule has 1 rings (SSSR count). The maximum absolute atomic E-state index is 11.9. The van der Waals surface area contributed by atoms with E-state index in [0.29, 0.717) is 12.2 Å². The van der Waals surface area contributed by atoms with Gasteiger partial charge in [-0.3, -0.25) is 4.79 Å². The summed E-state index contributed by atoms with van der Waals surface area (Å²) in [6.45, 7) is 8.16. The Morgan fingerprint density at radius 1 is 1.29 bits per heavy atom. The fourth-order valence-corrected chi connectivity index (χ4v) is 1.87. The SMILES string of the molecule is CCN(CC)CCOC(=O)c1ccc(NC(C)=O)cc1O. The van der Waals surface area contributed by atoms with E-state index in [9.17, 15) is 14.7 Å². The molecule has 1 aromatic carbocycles. The lowest BCUT2D eigenvalue weighted by Gasteiger charge is -2.17. The summed E-state index contributed by atoms with van der Waals surface area (Å²) in [4.78, 5) is 24.9. The van der Waals surface area contributed by atoms with Crippen LogP contribution in [0.5, 0.6) is 5.75 Å². The maximum Gasteiger partial charge on any atom is 0.341 e. The van der Waals surface area contributed by atoms with Crippen molar-refractivity contribution in [2.75, 3.05) is 31.6 Å². The monoisotopic (exact) mass is 294 g/mol. The van der Waals surface area contributed by atoms with Gasteiger partial charge in [0.1, 0.15) is 17.9 Å². The number of phenols is 1. The van der Waals surface area contributed by atoms with Crippen LogP contribution in [0.2, 0.25) is 0 Å². The second kappa shape index (κ2) is 8.26. The zero-order chi connectivity index (χ0) is 15.8. The Balaban J connectivity index is 2.60. The van der Waals surface area contributed by atoms with Crippen LogP contribution in [0.4, 0.5) is 5.69 Å². The molecule has 0 radical (unpaired) electrons. The minimum absolute atomic E-state index is 0.0867. The third kappa shape index (κ3) is 5.43. The summed E-state index contributed by atoms with van der Waals surface area (Å²) in [5.41, 5.74) is 0.517. The van der Waals surface area contributed by atoms with Gasteiger partial charge in [0.2, 0.25) is 5.91 Å². The first-order chi connectivity index (χ1) is 9.97. The van der Waals surface area contributed by atoms with Gasteiger partial charge in [-0.1, -0.05) is 13.8 Å². The van der Waals surface area contributed by atoms with E-state index in [0.717, 1.165) is 13.1 Å². The highest BCUT2D eigenvalue weighted by atomic mass is 16.5. The highest BCUT2D eigenvalue weighted by molar-refractivity contribution is 5.94. The van der Waals surface area contributed by atoms with Crippen LogP contribution >= 0.6 is 0 Å². The molecule has 0 saturated heterocycles. The molecule has 6 heteroatoms. The number of anilines is 1. The van der Waals surface area contributed by atoms with Gasteiger partial charge < -0.3 is 20.1 Å². The molecule has 0 saturated carbocycles. The second-order valence-corrected chi connectivity index (χ2v) is 4.58. The molecule has 6 nitrogen and oxygen atoms in total. The number of nitrogens with zero attached hydrogens (tertiary/aromatic N) is 1. The highest BCUT2D eigenvalue weighted by Gasteiger charge is 2.13. The van der Waals surface area contributed by atoms with Crippen LogP contribution in [0.3, 0.4) is 0 Å². The van der Waals surface area contributed by atoms with Crippen LogP contribution in [-0.2, 0) is 9.53 Å². The number of esters is 1. The molecule has 0 bridgehead atoms. The lowest BCUT2D eigenvalue weighted by Crippen LogP contribution is -2.27. The van der Waals surface area contributed by atoms with Crippen molar-refractivity contribution < 1.29 is 19.4 Å². The molecular weight excluding hydrogens is 272 g/mol. The summed E-state index contributed by atoms with van der Waals surface area (Å²) in [6, 6.07) is 4.30. The first-order valence-electron chi connectivity index (χ1n) is 6.98. The Bertz CT molecular complexity index is 498. The topological polar surface area (TPSA) is 78.9 Å². The fourth-order valence-electron chi connectivity index (χ4n) is 1.87. The number of nitrogens with one attached hydrogen (secondary N) is 1. The van der Waals surface area contributed by atoms with Gasteiger partial charge in [0.25, 0.3) is 0 Å². The van der Waals surface area contributed by atoms with Crippen LogP contribution in [0.15, 0.2) is 18.2 Å². The number of rotatable bonds is 7. The third-order valence-electron chi connectivity index (χ3n) is 3.07. The molecule has 0 aliphatic rings. The van der Waals surface area contributed by atoms with E-state index in [2.05, 4.69) is 10.2 Å². The van der Waals surface area contributed by atoms with Gasteiger partial charge in [0.05, 0.1) is 0 Å². The van der Waals surface area contributed by atoms with Gasteiger partial charge in [0.15, 0.2) is 0 Å². The molecule has 116 valence electrons. The van der Waals surface area contributed by atoms with E-state index in [1.807, 2.05) is 13.8 Å². The number of hydrogen-bond acceptors (Lipinski definition) is 5. The zero-order valence-electron chi connectivity index (χ0n) is 12.7. The van der Waals surface area contributed by atoms with Gasteiger partial charge in [0, 0.05) is 25.2 Å². The molecule has 0 aromatic heterocycles. The Hall–Kier alpha value is -2.08. The predicted molar refractivity (Wildman–Crippen MR) is 80.5 cm³/mol. The van der Waals surface area contributed by atoms with Crippen LogP contribution < -0.4 is 5.32 Å². The molecule has 0 atom stereocenters. The van der Waals surface area contributed by atoms with Gasteiger partial charge in [-0.2, -0.15) is 0 Å². The number of carbonyl (C=O) groups excluding carboxylic acids is 2. The minimum Gasteiger partial charge on any atom is -0.507 e. The Morgan fingerprint density at radius 3 is 2.48 bits per heavy atom. The number of carbonyl (C=O) groups is 2. The number of ether oxygens (including phenoxy) is 1. The predicted octanol–water partition coefficient (Wildman–Crippen LogP) is 1.85. The molecule has 0 spiro atoms. The van der Waals surface area contributed by atoms with E-state index < -0.39 is 5.97 Å². The van der Waals surface area contributed by atoms with Crippen LogP contribution in [0.1, 0.15) is 31.1 Å². The fraction of sp³-hybridized carbons (Fsp3) is 0.467. The number of hydrogen-bond donors (Lipinski definition) is 2. The van der Waals surface area contributed by atoms with Crippen LogP contribution in [0.25, 0.3) is 0 Å². The largest absolute Gasteiger partial charge is 0.507 e. The lowest BCUT2D eigenvalue weighted by atomic mass is 10.2. The van der Waals surface area contributed by atoms with E-state index in [1.54, 1.807) is 6.07 Å². The molecule has 0 aliphatic carbocycles. The average Bonchev–Trinajstić information content (AvgIpc) is 2.43. The van der Waals surface area contributed by atoms with Crippen molar-refractivity contribution in [1.82, 2.24) is 4.90 Å². The molecule has 0 fully saturated rings. The second-order valence-electron chi connectivity index (χ2n) is 4.58. The Kier molecular flexibility index (Phi) is 6.68. The number of likely N-dealkylation sites (N-methyl/N-ethyl adjacent to an activating group) is 1. The average molecular weight is 294 g/mol. The standard InChI is InChI=1S/C15H22N2O4/c1-4-17(5-2)8-9-21-15(20)13-7-6-12(10-14(13)19)16-11(3)18/h6-7,10,19H,4-5,8-9H2,1-3H3,(H,16,18). The summed E-state index contributed by atoms with van der Waals surface area (Å²) in [5.74, 6) is -1.04. The summed E-state index contributed by atoms with van der Waals surface area (Å²) in [5, 5.41) is 12.3. The lowest BCUT2D eigenvalue weighted by molar-refractivity contribution is -0.114. The quantitative estimate of drug-likeness (QED) is 0.750. The number of aromatic hydroxyl groups is 1. The Labute approximate surface area is 124 Å². The number of benzene rings is 1. The van der Waals surface area contributed by atoms with Crippen molar-refractivity contribution in [2.24, 2.45) is 0 Å². The van der Waals surface area contributed by atoms with Gasteiger partial charge in [-0.25, -0.2) is 4.79 Å². The highest BCUT2D eigenvalue weighted by Crippen LogP contribution is 2.22. The molecule has 1 amide bonds. The molecule has 1 aromatic rings. The molecule has 2 N–H and O–H groups in total. The van der Waals surface area contributed by atoms with Crippen molar-refractivity contribution in [2.45, 2.75) is 20.8 Å². The van der Waals surface area contributed by atoms with E-state index in [4.69, 9.17) is 4.74 Å². The molecule has 0 heterocycles. The van der Waals surface area contributed by atoms with Gasteiger partial charge in [-0.15, -0.1) is 0 Å². The van der Waals surface area contributed by atoms with Crippen molar-refractivity contribution >= 4 is 17.6 Å². The van der Waals surface area contributed by atoms with E-state index in [1.165, 1.54) is 19.1 Å². The maximum atomic E-state index is 11.9. The smallest absolute Gasteiger partial charge is 0.341 e. The normalized spacial score (nSPS) is 10.5. The minimum atomic E-state index is -0.575. The van der Waals surface area contributed by atoms with Crippen molar-refractivity contribution in [1.29, 1.82) is 0 Å². The van der Waals surface area contributed by atoms with Gasteiger partial charge in [-0.05, 0) is 25.2 Å². The van der Waals surface area contributed by atoms with Crippen molar-refractivity contribution in [3.05, 3.63) is 23.8 Å². The van der Waals surface area contributed by atoms with Crippen molar-refractivity contribution in [3.8, 4) is 5.75 Å². The first-order valence-corrected chi connectivity index (χ1v) is 6.98. The van der Waals surface area contributed by atoms with Crippen LogP contribution in [-0.4, -0.2) is 48.1 Å².